The second-order valence-electron chi connectivity index (χ2n) is 7.88. The van der Waals surface area contributed by atoms with Crippen molar-refractivity contribution in [3.8, 4) is 0 Å². The van der Waals surface area contributed by atoms with Crippen LogP contribution in [0.5, 0.6) is 0 Å². The first-order valence-corrected chi connectivity index (χ1v) is 10.7. The van der Waals surface area contributed by atoms with Gasteiger partial charge in [0.05, 0.1) is 66.1 Å². The number of nitrogens with zero attached hydrogens (tertiary/aromatic N) is 3. The Bertz CT molecular complexity index is 399. The Balaban J connectivity index is 7.16. The Morgan fingerprint density at radius 2 is 0.594 bits per heavy atom. The van der Waals surface area contributed by atoms with Crippen molar-refractivity contribution in [2.45, 2.75) is 50.1 Å². The minimum Gasteiger partial charge on any atom is -0.395 e. The third kappa shape index (κ3) is 7.80. The molecule has 0 spiro atoms. The lowest BCUT2D eigenvalue weighted by Crippen LogP contribution is -2.77. The Labute approximate surface area is 189 Å². The van der Waals surface area contributed by atoms with Crippen LogP contribution in [0.25, 0.3) is 0 Å². The van der Waals surface area contributed by atoms with Crippen molar-refractivity contribution in [2.24, 2.45) is 0 Å². The van der Waals surface area contributed by atoms with Gasteiger partial charge in [-0.25, -0.2) is 0 Å². The summed E-state index contributed by atoms with van der Waals surface area (Å²) in [6, 6.07) is -5.63. The fraction of sp³-hybridized carbons (Fsp3) is 1.00. The van der Waals surface area contributed by atoms with Crippen molar-refractivity contribution in [1.82, 2.24) is 14.4 Å². The number of hydrogen-bond acceptors (Lipinski definition) is 13. The van der Waals surface area contributed by atoms with Gasteiger partial charge in [0.15, 0.2) is 0 Å². The van der Waals surface area contributed by atoms with Crippen molar-refractivity contribution < 1.29 is 51.1 Å². The molecule has 0 aliphatic heterocycles. The monoisotopic (exact) mass is 471 g/mol. The van der Waals surface area contributed by atoms with Gasteiger partial charge in [-0.2, -0.15) is 0 Å². The first kappa shape index (κ1) is 31.5. The smallest absolute Gasteiger partial charge is 0.395 e. The van der Waals surface area contributed by atoms with Crippen LogP contribution in [0.3, 0.4) is 0 Å². The van der Waals surface area contributed by atoms with Crippen molar-refractivity contribution in [3.05, 3.63) is 0 Å². The minimum absolute atomic E-state index is 0.443. The molecular weight excluding hydrogens is 429 g/mol. The maximum absolute atomic E-state index is 9.95. The normalized spacial score (nSPS) is 13.0. The zero-order valence-electron chi connectivity index (χ0n) is 18.9. The average Bonchev–Trinajstić information content (AvgIpc) is 2.80. The number of hydrogen-bond donors (Lipinski definition) is 10. The zero-order chi connectivity index (χ0) is 24.8. The van der Waals surface area contributed by atoms with E-state index in [2.05, 4.69) is 0 Å². The van der Waals surface area contributed by atoms with Crippen LogP contribution in [0.2, 0.25) is 0 Å². The molecule has 0 unspecified atom stereocenters. The molecule has 0 atom stereocenters. The Hall–Kier alpha value is -0.455. The van der Waals surface area contributed by atoms with Crippen LogP contribution in [0, 0.1) is 0 Å². The Kier molecular flexibility index (Phi) is 16.8. The van der Waals surface area contributed by atoms with Gasteiger partial charge in [-0.05, 0) is 6.04 Å². The largest absolute Gasteiger partial charge is 0.405 e. The first-order valence-electron chi connectivity index (χ1n) is 10.7. The highest BCUT2D eigenvalue weighted by atomic mass is 16.3. The fourth-order valence-corrected chi connectivity index (χ4v) is 3.92. The van der Waals surface area contributed by atoms with Crippen LogP contribution in [-0.2, 0) is 0 Å². The number of rotatable bonds is 19. The SMILES string of the molecule is CC(C)N(B(N(C(CO)CO)C(CO)CO)N(C(CO)CO)C(CO)CO)C(CO)CO. The maximum atomic E-state index is 9.95. The van der Waals surface area contributed by atoms with Crippen LogP contribution in [0.1, 0.15) is 13.8 Å². The summed E-state index contributed by atoms with van der Waals surface area (Å²) in [6.45, 7) is -2.50. The quantitative estimate of drug-likeness (QED) is 0.0796. The summed E-state index contributed by atoms with van der Waals surface area (Å²) in [6.07, 6.45) is 0. The maximum Gasteiger partial charge on any atom is 0.405 e. The van der Waals surface area contributed by atoms with E-state index in [0.717, 1.165) is 0 Å². The molecule has 0 aromatic carbocycles. The fourth-order valence-electron chi connectivity index (χ4n) is 3.92. The van der Waals surface area contributed by atoms with Gasteiger partial charge in [-0.15, -0.1) is 0 Å². The topological polar surface area (TPSA) is 212 Å². The lowest BCUT2D eigenvalue weighted by Gasteiger charge is -2.53. The number of aliphatic hydroxyl groups excluding tert-OH is 10. The summed E-state index contributed by atoms with van der Waals surface area (Å²) in [5.74, 6) is 0. The van der Waals surface area contributed by atoms with E-state index in [0.29, 0.717) is 0 Å². The van der Waals surface area contributed by atoms with Crippen LogP contribution < -0.4 is 0 Å². The van der Waals surface area contributed by atoms with Gasteiger partial charge in [0, 0.05) is 30.2 Å². The summed E-state index contributed by atoms with van der Waals surface area (Å²) < 4.78 is 0. The molecule has 0 fully saturated rings. The van der Waals surface area contributed by atoms with E-state index in [4.69, 9.17) is 0 Å². The summed E-state index contributed by atoms with van der Waals surface area (Å²) in [7, 11) is -1.22. The van der Waals surface area contributed by atoms with E-state index >= 15 is 0 Å². The molecule has 0 aliphatic rings. The van der Waals surface area contributed by atoms with Gasteiger partial charge in [0.1, 0.15) is 0 Å². The highest BCUT2D eigenvalue weighted by molar-refractivity contribution is 6.50. The highest BCUT2D eigenvalue weighted by Gasteiger charge is 2.50. The van der Waals surface area contributed by atoms with Gasteiger partial charge in [-0.3, -0.25) is 9.62 Å². The third-order valence-corrected chi connectivity index (χ3v) is 5.61. The molecule has 0 radical (unpaired) electrons. The first-order chi connectivity index (χ1) is 15.3. The molecule has 0 bridgehead atoms. The predicted octanol–water partition coefficient (Wildman–Crippen LogP) is -5.95. The molecule has 0 saturated heterocycles. The standard InChI is InChI=1S/C18H42BN3O10/c1-13(2)20(14(3-23)4-24)19(21(15(5-25)6-26)16(7-27)8-28)22(17(9-29)10-30)18(11-31)12-32/h13-18,23-32H,3-12H2,1-2H3. The number of aliphatic hydroxyl groups is 10. The molecule has 0 saturated carbocycles. The van der Waals surface area contributed by atoms with Crippen molar-refractivity contribution in [3.63, 3.8) is 0 Å². The molecule has 13 nitrogen and oxygen atoms in total. The lowest BCUT2D eigenvalue weighted by molar-refractivity contribution is -0.00687. The van der Waals surface area contributed by atoms with Crippen molar-refractivity contribution >= 4 is 7.12 Å². The molecule has 192 valence electrons. The molecular formula is C18H42BN3O10. The summed E-state index contributed by atoms with van der Waals surface area (Å²) >= 11 is 0. The molecule has 32 heavy (non-hydrogen) atoms. The average molecular weight is 471 g/mol. The van der Waals surface area contributed by atoms with E-state index in [-0.39, 0.29) is 0 Å². The molecule has 0 heterocycles. The summed E-state index contributed by atoms with van der Waals surface area (Å²) in [5, 5.41) is 99.5. The molecule has 0 aromatic heterocycles. The van der Waals surface area contributed by atoms with E-state index < -0.39 is 109 Å². The van der Waals surface area contributed by atoms with E-state index in [9.17, 15) is 51.1 Å². The zero-order valence-corrected chi connectivity index (χ0v) is 18.9. The Morgan fingerprint density at radius 1 is 0.406 bits per heavy atom. The van der Waals surface area contributed by atoms with Crippen LogP contribution in [0.15, 0.2) is 0 Å². The lowest BCUT2D eigenvalue weighted by atomic mass is 9.74. The van der Waals surface area contributed by atoms with Gasteiger partial charge < -0.3 is 55.9 Å². The van der Waals surface area contributed by atoms with Gasteiger partial charge >= 0.3 is 7.12 Å². The van der Waals surface area contributed by atoms with Gasteiger partial charge in [-0.1, -0.05) is 13.8 Å². The second-order valence-corrected chi connectivity index (χ2v) is 7.88. The van der Waals surface area contributed by atoms with E-state index in [1.54, 1.807) is 18.7 Å². The summed E-state index contributed by atoms with van der Waals surface area (Å²) in [4.78, 5) is 4.23. The Morgan fingerprint density at radius 3 is 0.750 bits per heavy atom. The van der Waals surface area contributed by atoms with Gasteiger partial charge in [0.25, 0.3) is 0 Å². The predicted molar refractivity (Wildman–Crippen MR) is 116 cm³/mol. The molecule has 14 heteroatoms. The van der Waals surface area contributed by atoms with Crippen LogP contribution >= 0.6 is 0 Å². The minimum atomic E-state index is -1.22. The van der Waals surface area contributed by atoms with E-state index in [1.165, 1.54) is 9.62 Å². The van der Waals surface area contributed by atoms with Crippen molar-refractivity contribution in [1.29, 1.82) is 0 Å². The molecule has 0 aromatic rings. The third-order valence-electron chi connectivity index (χ3n) is 5.61. The second kappa shape index (κ2) is 17.0. The highest BCUT2D eigenvalue weighted by Crippen LogP contribution is 2.24. The van der Waals surface area contributed by atoms with Crippen LogP contribution in [-0.4, -0.2) is 175 Å². The molecule has 10 N–H and O–H groups in total. The van der Waals surface area contributed by atoms with Crippen LogP contribution in [0.4, 0.5) is 0 Å². The van der Waals surface area contributed by atoms with E-state index in [1.807, 2.05) is 0 Å². The molecule has 0 rings (SSSR count). The summed E-state index contributed by atoms with van der Waals surface area (Å²) in [5.41, 5.74) is 0. The molecule has 0 aliphatic carbocycles. The van der Waals surface area contributed by atoms with Crippen molar-refractivity contribution in [2.75, 3.05) is 66.1 Å². The van der Waals surface area contributed by atoms with Gasteiger partial charge in [0.2, 0.25) is 0 Å². The molecule has 0 amide bonds.